The van der Waals surface area contributed by atoms with E-state index in [2.05, 4.69) is 15.6 Å². The first kappa shape index (κ1) is 26.3. The summed E-state index contributed by atoms with van der Waals surface area (Å²) >= 11 is 6.04. The zero-order valence-corrected chi connectivity index (χ0v) is 21.5. The molecule has 10 heteroatoms. The molecule has 0 fully saturated rings. The van der Waals surface area contributed by atoms with Gasteiger partial charge in [0.15, 0.2) is 5.60 Å². The highest BCUT2D eigenvalue weighted by Crippen LogP contribution is 2.43. The fourth-order valence-electron chi connectivity index (χ4n) is 3.62. The molecule has 35 heavy (non-hydrogen) atoms. The average molecular weight is 503 g/mol. The largest absolute Gasteiger partial charge is 0.459 e. The van der Waals surface area contributed by atoms with Crippen molar-refractivity contribution in [2.45, 2.75) is 71.6 Å². The number of hydrogen-bond donors (Lipinski definition) is 2. The van der Waals surface area contributed by atoms with Crippen LogP contribution in [-0.2, 0) is 14.3 Å². The van der Waals surface area contributed by atoms with Gasteiger partial charge in [-0.2, -0.15) is 4.98 Å². The van der Waals surface area contributed by atoms with Crippen LogP contribution >= 0.6 is 11.6 Å². The maximum atomic E-state index is 13.5. The second kappa shape index (κ2) is 10.1. The number of rotatable bonds is 6. The van der Waals surface area contributed by atoms with Gasteiger partial charge in [0.25, 0.3) is 5.91 Å². The van der Waals surface area contributed by atoms with Crippen LogP contribution in [0.15, 0.2) is 36.4 Å². The van der Waals surface area contributed by atoms with Crippen molar-refractivity contribution in [3.63, 3.8) is 0 Å². The minimum absolute atomic E-state index is 0.203. The summed E-state index contributed by atoms with van der Waals surface area (Å²) in [5.41, 5.74) is -0.707. The Morgan fingerprint density at radius 1 is 1.14 bits per heavy atom. The number of nitrogens with zero attached hydrogens (tertiary/aromatic N) is 2. The summed E-state index contributed by atoms with van der Waals surface area (Å²) in [4.78, 5) is 44.2. The molecule has 3 rings (SSSR count). The summed E-state index contributed by atoms with van der Waals surface area (Å²) < 4.78 is 11.3. The van der Waals surface area contributed by atoms with Crippen molar-refractivity contribution in [1.29, 1.82) is 0 Å². The van der Waals surface area contributed by atoms with Gasteiger partial charge in [-0.25, -0.2) is 4.79 Å². The van der Waals surface area contributed by atoms with Crippen molar-refractivity contribution in [2.24, 2.45) is 0 Å². The highest BCUT2D eigenvalue weighted by atomic mass is 35.5. The van der Waals surface area contributed by atoms with E-state index in [0.717, 1.165) is 0 Å². The summed E-state index contributed by atoms with van der Waals surface area (Å²) in [5, 5.41) is 5.72. The minimum atomic E-state index is -1.10. The van der Waals surface area contributed by atoms with E-state index in [1.165, 1.54) is 6.92 Å². The van der Waals surface area contributed by atoms with Crippen LogP contribution in [-0.4, -0.2) is 40.1 Å². The number of carbonyl (C=O) groups excluding carboxylic acids is 3. The Balaban J connectivity index is 1.88. The molecule has 3 amide bonds. The van der Waals surface area contributed by atoms with Gasteiger partial charge < -0.3 is 20.1 Å². The van der Waals surface area contributed by atoms with Crippen LogP contribution < -0.4 is 20.3 Å². The number of halogens is 1. The number of hydrogen-bond acceptors (Lipinski definition) is 6. The first-order valence-corrected chi connectivity index (χ1v) is 11.9. The molecule has 0 radical (unpaired) electrons. The first-order chi connectivity index (χ1) is 16.4. The molecule has 0 bridgehead atoms. The van der Waals surface area contributed by atoms with E-state index in [0.29, 0.717) is 29.2 Å². The zero-order valence-electron chi connectivity index (χ0n) is 20.8. The second-order valence-corrected chi connectivity index (χ2v) is 9.73. The highest BCUT2D eigenvalue weighted by molar-refractivity contribution is 6.30. The molecule has 2 aromatic rings. The van der Waals surface area contributed by atoms with Crippen molar-refractivity contribution in [1.82, 2.24) is 10.3 Å². The van der Waals surface area contributed by atoms with E-state index >= 15 is 0 Å². The summed E-state index contributed by atoms with van der Waals surface area (Å²) in [5.74, 6) is -0.250. The topological polar surface area (TPSA) is 110 Å². The lowest BCUT2D eigenvalue weighted by Crippen LogP contribution is -2.54. The lowest BCUT2D eigenvalue weighted by atomic mass is 9.93. The maximum absolute atomic E-state index is 13.5. The summed E-state index contributed by atoms with van der Waals surface area (Å²) in [6, 6.07) is 9.28. The zero-order chi connectivity index (χ0) is 26.0. The second-order valence-electron chi connectivity index (χ2n) is 9.30. The lowest BCUT2D eigenvalue weighted by Gasteiger charge is -2.41. The third-order valence-electron chi connectivity index (χ3n) is 5.57. The summed E-state index contributed by atoms with van der Waals surface area (Å²) in [6.45, 7) is 10.5. The Kier molecular flexibility index (Phi) is 7.59. The fourth-order valence-corrected chi connectivity index (χ4v) is 3.74. The lowest BCUT2D eigenvalue weighted by molar-refractivity contribution is -0.135. The molecule has 0 saturated carbocycles. The number of ether oxygens (including phenoxy) is 2. The number of alkyl carbamates (subject to hydrolysis) is 1. The molecule has 0 spiro atoms. The Bertz CT molecular complexity index is 1110. The van der Waals surface area contributed by atoms with Gasteiger partial charge in [-0.1, -0.05) is 25.4 Å². The quantitative estimate of drug-likeness (QED) is 0.561. The predicted molar refractivity (Wildman–Crippen MR) is 134 cm³/mol. The number of anilines is 3. The molecule has 1 atom stereocenters. The van der Waals surface area contributed by atoms with Gasteiger partial charge in [0.1, 0.15) is 23.1 Å². The molecule has 1 aromatic heterocycles. The molecular formula is C25H31ClN4O5. The van der Waals surface area contributed by atoms with Crippen molar-refractivity contribution in [2.75, 3.05) is 10.2 Å². The van der Waals surface area contributed by atoms with Crippen molar-refractivity contribution in [3.8, 4) is 5.88 Å². The molecule has 188 valence electrons. The smallest absolute Gasteiger partial charge is 0.408 e. The minimum Gasteiger partial charge on any atom is -0.459 e. The van der Waals surface area contributed by atoms with E-state index in [4.69, 9.17) is 21.1 Å². The fraction of sp³-hybridized carbons (Fsp3) is 0.440. The van der Waals surface area contributed by atoms with E-state index in [9.17, 15) is 14.4 Å². The number of pyridine rings is 1. The predicted octanol–water partition coefficient (Wildman–Crippen LogP) is 5.20. The summed E-state index contributed by atoms with van der Waals surface area (Å²) in [6.07, 6.45) is 0.164. The van der Waals surface area contributed by atoms with Gasteiger partial charge in [-0.3, -0.25) is 14.5 Å². The van der Waals surface area contributed by atoms with E-state index in [-0.39, 0.29) is 17.6 Å². The number of nitrogens with one attached hydrogen (secondary N) is 2. The van der Waals surface area contributed by atoms with Gasteiger partial charge in [0, 0.05) is 10.7 Å². The number of fused-ring (bicyclic) bond motifs is 1. The van der Waals surface area contributed by atoms with Crippen LogP contribution in [0.5, 0.6) is 5.88 Å². The number of aromatic nitrogens is 1. The molecule has 1 aromatic carbocycles. The summed E-state index contributed by atoms with van der Waals surface area (Å²) in [7, 11) is 0. The molecule has 9 nitrogen and oxygen atoms in total. The first-order valence-electron chi connectivity index (χ1n) is 11.5. The average Bonchev–Trinajstić information content (AvgIpc) is 2.78. The highest BCUT2D eigenvalue weighted by Gasteiger charge is 2.47. The normalized spacial score (nSPS) is 15.5. The van der Waals surface area contributed by atoms with Crippen LogP contribution in [0.1, 0.15) is 54.4 Å². The van der Waals surface area contributed by atoms with Crippen LogP contribution in [0.25, 0.3) is 0 Å². The standard InChI is InChI=1S/C25H31ClN4O5/c1-7-25(8-2)22(32)30(17-11-9-16(26)10-12-17)18-13-14-19(29-21(18)34-25)28-20(31)15(3)27-23(33)35-24(4,5)6/h9-15H,7-8H2,1-6H3,(H,27,33)(H,28,29,31)/t15-/m0/s1. The number of amides is 3. The maximum Gasteiger partial charge on any atom is 0.408 e. The van der Waals surface area contributed by atoms with Gasteiger partial charge in [0.2, 0.25) is 11.8 Å². The van der Waals surface area contributed by atoms with Crippen LogP contribution in [0.4, 0.5) is 22.0 Å². The Morgan fingerprint density at radius 2 is 1.77 bits per heavy atom. The molecule has 2 N–H and O–H groups in total. The van der Waals surface area contributed by atoms with Crippen LogP contribution in [0.2, 0.25) is 5.02 Å². The van der Waals surface area contributed by atoms with E-state index in [1.54, 1.807) is 62.1 Å². The van der Waals surface area contributed by atoms with Crippen molar-refractivity contribution in [3.05, 3.63) is 41.4 Å². The van der Waals surface area contributed by atoms with Crippen LogP contribution in [0, 0.1) is 0 Å². The monoisotopic (exact) mass is 502 g/mol. The molecule has 1 aliphatic heterocycles. The van der Waals surface area contributed by atoms with E-state index < -0.39 is 29.2 Å². The molecule has 0 saturated heterocycles. The van der Waals surface area contributed by atoms with Gasteiger partial charge >= 0.3 is 6.09 Å². The van der Waals surface area contributed by atoms with Crippen molar-refractivity contribution >= 4 is 46.7 Å². The third kappa shape index (κ3) is 5.85. The van der Waals surface area contributed by atoms with Crippen molar-refractivity contribution < 1.29 is 23.9 Å². The Labute approximate surface area is 210 Å². The van der Waals surface area contributed by atoms with Gasteiger partial charge in [0.05, 0.1) is 0 Å². The molecular weight excluding hydrogens is 472 g/mol. The molecule has 0 aliphatic carbocycles. The number of carbonyl (C=O) groups is 3. The molecule has 2 heterocycles. The van der Waals surface area contributed by atoms with E-state index in [1.807, 2.05) is 13.8 Å². The van der Waals surface area contributed by atoms with Crippen LogP contribution in [0.3, 0.4) is 0 Å². The van der Waals surface area contributed by atoms with Gasteiger partial charge in [-0.15, -0.1) is 0 Å². The van der Waals surface area contributed by atoms with Gasteiger partial charge in [-0.05, 0) is 76.9 Å². The molecule has 1 aliphatic rings. The Hall–Kier alpha value is -3.33. The third-order valence-corrected chi connectivity index (χ3v) is 5.82. The number of benzene rings is 1. The SMILES string of the molecule is CCC1(CC)Oc2nc(NC(=O)[C@H](C)NC(=O)OC(C)(C)C)ccc2N(c2ccc(Cl)cc2)C1=O. The Morgan fingerprint density at radius 3 is 2.34 bits per heavy atom. The molecule has 0 unspecified atom stereocenters.